The van der Waals surface area contributed by atoms with Crippen molar-refractivity contribution in [2.45, 2.75) is 19.8 Å². The molecule has 0 radical (unpaired) electrons. The van der Waals surface area contributed by atoms with E-state index in [-0.39, 0.29) is 29.6 Å². The van der Waals surface area contributed by atoms with Crippen LogP contribution in [-0.2, 0) is 4.79 Å². The van der Waals surface area contributed by atoms with Gasteiger partial charge in [0.25, 0.3) is 0 Å². The van der Waals surface area contributed by atoms with Gasteiger partial charge in [0.1, 0.15) is 11.6 Å². The van der Waals surface area contributed by atoms with Crippen molar-refractivity contribution in [2.24, 2.45) is 11.8 Å². The molecule has 0 saturated carbocycles. The van der Waals surface area contributed by atoms with Gasteiger partial charge in [0, 0.05) is 30.4 Å². The number of anilines is 2. The first kappa shape index (κ1) is 19.8. The van der Waals surface area contributed by atoms with Crippen LogP contribution in [-0.4, -0.2) is 29.9 Å². The fraction of sp³-hybridized carbons (Fsp3) is 0.333. The number of carbonyl (C=O) groups is 2. The van der Waals surface area contributed by atoms with E-state index in [0.29, 0.717) is 37.3 Å². The molecule has 1 fully saturated rings. The molecule has 5 nitrogen and oxygen atoms in total. The Bertz CT molecular complexity index is 834. The fourth-order valence-electron chi connectivity index (χ4n) is 3.37. The van der Waals surface area contributed by atoms with Gasteiger partial charge in [-0.1, -0.05) is 13.0 Å². The van der Waals surface area contributed by atoms with Gasteiger partial charge in [0.05, 0.1) is 0 Å². The summed E-state index contributed by atoms with van der Waals surface area (Å²) in [5, 5.41) is 5.50. The molecule has 2 aromatic carbocycles. The number of piperidine rings is 1. The Morgan fingerprint density at radius 2 is 1.64 bits per heavy atom. The smallest absolute Gasteiger partial charge is 0.321 e. The number of halogens is 2. The molecule has 3 rings (SSSR count). The first-order chi connectivity index (χ1) is 13.4. The van der Waals surface area contributed by atoms with Crippen molar-refractivity contribution in [2.75, 3.05) is 23.7 Å². The lowest BCUT2D eigenvalue weighted by Gasteiger charge is -2.34. The molecule has 7 heteroatoms. The Kier molecular flexibility index (Phi) is 6.23. The summed E-state index contributed by atoms with van der Waals surface area (Å²) in [5.74, 6) is -1.01. The van der Waals surface area contributed by atoms with E-state index in [4.69, 9.17) is 0 Å². The van der Waals surface area contributed by atoms with Crippen LogP contribution >= 0.6 is 0 Å². The summed E-state index contributed by atoms with van der Waals surface area (Å²) in [6, 6.07) is 11.2. The van der Waals surface area contributed by atoms with Crippen molar-refractivity contribution < 1.29 is 18.4 Å². The summed E-state index contributed by atoms with van der Waals surface area (Å²) in [4.78, 5) is 26.5. The molecule has 0 spiro atoms. The molecule has 0 aliphatic carbocycles. The molecule has 28 heavy (non-hydrogen) atoms. The molecule has 1 saturated heterocycles. The van der Waals surface area contributed by atoms with Gasteiger partial charge in [-0.3, -0.25) is 4.79 Å². The minimum absolute atomic E-state index is 0.142. The van der Waals surface area contributed by atoms with Gasteiger partial charge in [0.2, 0.25) is 5.91 Å². The normalized spacial score (nSPS) is 15.8. The summed E-state index contributed by atoms with van der Waals surface area (Å²) >= 11 is 0. The Labute approximate surface area is 162 Å². The van der Waals surface area contributed by atoms with Crippen molar-refractivity contribution in [3.8, 4) is 0 Å². The maximum absolute atomic E-state index is 13.3. The van der Waals surface area contributed by atoms with E-state index in [9.17, 15) is 18.4 Å². The molecule has 0 bridgehead atoms. The second kappa shape index (κ2) is 8.82. The molecule has 1 aliphatic rings. The Balaban J connectivity index is 1.49. The Morgan fingerprint density at radius 3 is 2.29 bits per heavy atom. The third kappa shape index (κ3) is 5.06. The lowest BCUT2D eigenvalue weighted by atomic mass is 9.85. The van der Waals surface area contributed by atoms with E-state index in [2.05, 4.69) is 10.6 Å². The number of nitrogens with one attached hydrogen (secondary N) is 2. The zero-order valence-electron chi connectivity index (χ0n) is 15.6. The summed E-state index contributed by atoms with van der Waals surface area (Å²) in [7, 11) is 0. The third-order valence-electron chi connectivity index (χ3n) is 5.14. The number of likely N-dealkylation sites (tertiary alicyclic amines) is 1. The van der Waals surface area contributed by atoms with Gasteiger partial charge in [-0.25, -0.2) is 13.6 Å². The number of amides is 3. The summed E-state index contributed by atoms with van der Waals surface area (Å²) in [5.41, 5.74) is 0.976. The molecular formula is C21H23F2N3O2. The second-order valence-electron chi connectivity index (χ2n) is 7.05. The molecule has 1 heterocycles. The maximum atomic E-state index is 13.3. The molecule has 0 aromatic heterocycles. The highest BCUT2D eigenvalue weighted by atomic mass is 19.1. The number of nitrogens with zero attached hydrogens (tertiary/aromatic N) is 1. The zero-order chi connectivity index (χ0) is 20.1. The fourth-order valence-corrected chi connectivity index (χ4v) is 3.37. The third-order valence-corrected chi connectivity index (χ3v) is 5.14. The number of carbonyl (C=O) groups excluding carboxylic acids is 2. The van der Waals surface area contributed by atoms with Gasteiger partial charge < -0.3 is 15.5 Å². The minimum atomic E-state index is -0.397. The van der Waals surface area contributed by atoms with Gasteiger partial charge in [-0.15, -0.1) is 0 Å². The van der Waals surface area contributed by atoms with Crippen LogP contribution in [0.1, 0.15) is 19.8 Å². The van der Waals surface area contributed by atoms with Crippen LogP contribution in [0.25, 0.3) is 0 Å². The van der Waals surface area contributed by atoms with E-state index in [0.717, 1.165) is 0 Å². The zero-order valence-corrected chi connectivity index (χ0v) is 15.6. The first-order valence-electron chi connectivity index (χ1n) is 9.30. The van der Waals surface area contributed by atoms with E-state index in [1.165, 1.54) is 36.4 Å². The summed E-state index contributed by atoms with van der Waals surface area (Å²) < 4.78 is 26.2. The van der Waals surface area contributed by atoms with Crippen molar-refractivity contribution in [1.29, 1.82) is 0 Å². The summed E-state index contributed by atoms with van der Waals surface area (Å²) in [6.07, 6.45) is 1.41. The van der Waals surface area contributed by atoms with Crippen LogP contribution in [0.3, 0.4) is 0 Å². The number of rotatable bonds is 4. The Morgan fingerprint density at radius 1 is 0.964 bits per heavy atom. The van der Waals surface area contributed by atoms with Crippen molar-refractivity contribution in [1.82, 2.24) is 4.90 Å². The first-order valence-corrected chi connectivity index (χ1v) is 9.30. The molecule has 2 N–H and O–H groups in total. The van der Waals surface area contributed by atoms with Gasteiger partial charge >= 0.3 is 6.03 Å². The van der Waals surface area contributed by atoms with Gasteiger partial charge in [0.15, 0.2) is 0 Å². The predicted molar refractivity (Wildman–Crippen MR) is 104 cm³/mol. The molecule has 1 atom stereocenters. The van der Waals surface area contributed by atoms with Gasteiger partial charge in [-0.05, 0) is 61.2 Å². The van der Waals surface area contributed by atoms with Crippen molar-refractivity contribution in [3.05, 3.63) is 60.2 Å². The lowest BCUT2D eigenvalue weighted by Crippen LogP contribution is -2.43. The minimum Gasteiger partial charge on any atom is -0.326 e. The monoisotopic (exact) mass is 387 g/mol. The number of benzene rings is 2. The predicted octanol–water partition coefficient (Wildman–Crippen LogP) is 4.48. The van der Waals surface area contributed by atoms with Crippen LogP contribution in [0.4, 0.5) is 25.0 Å². The average Bonchev–Trinajstić information content (AvgIpc) is 2.69. The largest absolute Gasteiger partial charge is 0.326 e. The SMILES string of the molecule is CC(C(=O)Nc1cccc(F)c1)C1CCN(C(=O)Nc2ccc(F)cc2)CC1. The van der Waals surface area contributed by atoms with E-state index < -0.39 is 5.82 Å². The van der Waals surface area contributed by atoms with Crippen molar-refractivity contribution >= 4 is 23.3 Å². The molecule has 3 amide bonds. The molecule has 2 aromatic rings. The lowest BCUT2D eigenvalue weighted by molar-refractivity contribution is -0.121. The number of urea groups is 1. The van der Waals surface area contributed by atoms with E-state index in [1.807, 2.05) is 6.92 Å². The maximum Gasteiger partial charge on any atom is 0.321 e. The van der Waals surface area contributed by atoms with Crippen LogP contribution in [0.5, 0.6) is 0 Å². The van der Waals surface area contributed by atoms with Gasteiger partial charge in [-0.2, -0.15) is 0 Å². The highest BCUT2D eigenvalue weighted by molar-refractivity contribution is 5.92. The topological polar surface area (TPSA) is 61.4 Å². The molecule has 1 unspecified atom stereocenters. The van der Waals surface area contributed by atoms with Crippen LogP contribution in [0, 0.1) is 23.5 Å². The average molecular weight is 387 g/mol. The van der Waals surface area contributed by atoms with Crippen molar-refractivity contribution in [3.63, 3.8) is 0 Å². The van der Waals surface area contributed by atoms with Crippen LogP contribution < -0.4 is 10.6 Å². The molecule has 148 valence electrons. The molecular weight excluding hydrogens is 364 g/mol. The number of hydrogen-bond donors (Lipinski definition) is 2. The van der Waals surface area contributed by atoms with E-state index in [1.54, 1.807) is 17.0 Å². The standard InChI is InChI=1S/C21H23F2N3O2/c1-14(20(27)24-19-4-2-3-17(23)13-19)15-9-11-26(12-10-15)21(28)25-18-7-5-16(22)6-8-18/h2-8,13-15H,9-12H2,1H3,(H,24,27)(H,25,28). The highest BCUT2D eigenvalue weighted by Crippen LogP contribution is 2.26. The molecule has 1 aliphatic heterocycles. The highest BCUT2D eigenvalue weighted by Gasteiger charge is 2.30. The van der Waals surface area contributed by atoms with E-state index >= 15 is 0 Å². The second-order valence-corrected chi connectivity index (χ2v) is 7.05. The van der Waals surface area contributed by atoms with Crippen LogP contribution in [0.2, 0.25) is 0 Å². The summed E-state index contributed by atoms with van der Waals surface area (Å²) in [6.45, 7) is 2.93. The van der Waals surface area contributed by atoms with Crippen LogP contribution in [0.15, 0.2) is 48.5 Å². The number of hydrogen-bond acceptors (Lipinski definition) is 2. The Hall–Kier alpha value is -2.96. The quantitative estimate of drug-likeness (QED) is 0.812.